The summed E-state index contributed by atoms with van der Waals surface area (Å²) in [5.41, 5.74) is 3.99. The number of halogens is 1. The number of anilines is 3. The number of fused-ring (bicyclic) bond motifs is 1. The molecular formula is C27H34FN5O3. The van der Waals surface area contributed by atoms with E-state index in [4.69, 9.17) is 9.72 Å². The van der Waals surface area contributed by atoms with Gasteiger partial charge in [-0.2, -0.15) is 0 Å². The maximum absolute atomic E-state index is 14.2. The van der Waals surface area contributed by atoms with Crippen molar-refractivity contribution in [2.24, 2.45) is 7.05 Å². The van der Waals surface area contributed by atoms with Crippen LogP contribution in [-0.2, 0) is 11.8 Å². The Morgan fingerprint density at radius 2 is 1.94 bits per heavy atom. The highest BCUT2D eigenvalue weighted by Crippen LogP contribution is 2.34. The largest absolute Gasteiger partial charge is 0.391 e. The van der Waals surface area contributed by atoms with Crippen LogP contribution in [0.5, 0.6) is 0 Å². The van der Waals surface area contributed by atoms with E-state index in [1.54, 1.807) is 17.7 Å². The van der Waals surface area contributed by atoms with Gasteiger partial charge in [0, 0.05) is 38.8 Å². The van der Waals surface area contributed by atoms with Crippen molar-refractivity contribution in [3.05, 3.63) is 57.6 Å². The number of nitrogens with one attached hydrogen (secondary N) is 1. The number of ether oxygens (including phenoxy) is 1. The Bertz CT molecular complexity index is 1320. The fourth-order valence-corrected chi connectivity index (χ4v) is 5.29. The summed E-state index contributed by atoms with van der Waals surface area (Å²) in [4.78, 5) is 22.5. The molecule has 0 aliphatic carbocycles. The normalized spacial score (nSPS) is 19.5. The molecule has 2 fully saturated rings. The lowest BCUT2D eigenvalue weighted by Crippen LogP contribution is -2.40. The van der Waals surface area contributed by atoms with Crippen molar-refractivity contribution in [1.82, 2.24) is 9.55 Å². The molecule has 3 aromatic rings. The van der Waals surface area contributed by atoms with E-state index < -0.39 is 6.10 Å². The molecule has 0 unspecified atom stereocenters. The Morgan fingerprint density at radius 3 is 2.69 bits per heavy atom. The average Bonchev–Trinajstić information content (AvgIpc) is 2.87. The Labute approximate surface area is 210 Å². The zero-order valence-electron chi connectivity index (χ0n) is 21.1. The number of rotatable bonds is 5. The minimum atomic E-state index is -0.424. The van der Waals surface area contributed by atoms with Crippen molar-refractivity contribution in [3.63, 3.8) is 0 Å². The lowest BCUT2D eigenvalue weighted by atomic mass is 10.0. The standard InChI is InChI=1S/C27H34FN5O3/c1-17-13-21(25-22(14-17)26(35)31(3)27(30-25)32-9-11-36-12-10-32)18(2)29-23-7-6-19(28)15-24(23)33-8-4-5-20(34)16-33/h6-7,13-15,18,20,29,34H,4-5,8-12,16H2,1-3H3/t18-,20+/m1/s1. The van der Waals surface area contributed by atoms with Crippen molar-refractivity contribution in [1.29, 1.82) is 0 Å². The summed E-state index contributed by atoms with van der Waals surface area (Å²) in [6.07, 6.45) is 1.19. The van der Waals surface area contributed by atoms with Gasteiger partial charge in [0.15, 0.2) is 0 Å². The number of aryl methyl sites for hydroxylation is 1. The highest BCUT2D eigenvalue weighted by atomic mass is 19.1. The van der Waals surface area contributed by atoms with Crippen LogP contribution in [0.4, 0.5) is 21.7 Å². The quantitative estimate of drug-likeness (QED) is 0.562. The van der Waals surface area contributed by atoms with Crippen LogP contribution >= 0.6 is 0 Å². The van der Waals surface area contributed by atoms with Gasteiger partial charge >= 0.3 is 0 Å². The molecule has 2 N–H and O–H groups in total. The van der Waals surface area contributed by atoms with Crippen LogP contribution < -0.4 is 20.7 Å². The topological polar surface area (TPSA) is 82.9 Å². The van der Waals surface area contributed by atoms with Crippen LogP contribution in [0.15, 0.2) is 35.1 Å². The average molecular weight is 496 g/mol. The van der Waals surface area contributed by atoms with Crippen LogP contribution in [0.2, 0.25) is 0 Å². The lowest BCUT2D eigenvalue weighted by molar-refractivity contribution is 0.121. The molecule has 8 nitrogen and oxygen atoms in total. The van der Waals surface area contributed by atoms with E-state index in [0.717, 1.165) is 41.9 Å². The van der Waals surface area contributed by atoms with E-state index in [9.17, 15) is 14.3 Å². The van der Waals surface area contributed by atoms with E-state index in [1.807, 2.05) is 24.8 Å². The maximum Gasteiger partial charge on any atom is 0.262 e. The molecule has 0 radical (unpaired) electrons. The zero-order chi connectivity index (χ0) is 25.4. The highest BCUT2D eigenvalue weighted by Gasteiger charge is 2.24. The van der Waals surface area contributed by atoms with E-state index in [-0.39, 0.29) is 17.4 Å². The molecule has 1 aromatic heterocycles. The minimum absolute atomic E-state index is 0.0802. The van der Waals surface area contributed by atoms with Crippen molar-refractivity contribution < 1.29 is 14.2 Å². The SMILES string of the molecule is Cc1cc([C@@H](C)Nc2ccc(F)cc2N2CCC[C@H](O)C2)c2nc(N3CCOCC3)n(C)c(=O)c2c1. The van der Waals surface area contributed by atoms with Crippen LogP contribution in [-0.4, -0.2) is 60.2 Å². The van der Waals surface area contributed by atoms with Crippen molar-refractivity contribution in [2.75, 3.05) is 54.5 Å². The van der Waals surface area contributed by atoms with Crippen LogP contribution in [0, 0.1) is 12.7 Å². The summed E-state index contributed by atoms with van der Waals surface area (Å²) >= 11 is 0. The van der Waals surface area contributed by atoms with Gasteiger partial charge in [-0.1, -0.05) is 6.07 Å². The number of β-amino-alcohol motifs (C(OH)–C–C–N with tert-alkyl or cyclic N) is 1. The van der Waals surface area contributed by atoms with Crippen molar-refractivity contribution in [3.8, 4) is 0 Å². The number of morpholine rings is 1. The predicted molar refractivity (Wildman–Crippen MR) is 141 cm³/mol. The van der Waals surface area contributed by atoms with Gasteiger partial charge in [-0.25, -0.2) is 9.37 Å². The van der Waals surface area contributed by atoms with E-state index in [1.165, 1.54) is 12.1 Å². The molecule has 192 valence electrons. The van der Waals surface area contributed by atoms with Crippen molar-refractivity contribution >= 4 is 28.2 Å². The summed E-state index contributed by atoms with van der Waals surface area (Å²) in [5.74, 6) is 0.322. The molecule has 2 aromatic carbocycles. The Morgan fingerprint density at radius 1 is 1.17 bits per heavy atom. The minimum Gasteiger partial charge on any atom is -0.391 e. The molecular weight excluding hydrogens is 461 g/mol. The first kappa shape index (κ1) is 24.5. The number of hydrogen-bond acceptors (Lipinski definition) is 7. The second-order valence-electron chi connectivity index (χ2n) is 9.90. The zero-order valence-corrected chi connectivity index (χ0v) is 21.1. The summed E-state index contributed by atoms with van der Waals surface area (Å²) in [6.45, 7) is 7.81. The molecule has 0 bridgehead atoms. The van der Waals surface area contributed by atoms with Gasteiger partial charge in [-0.05, 0) is 56.5 Å². The monoisotopic (exact) mass is 495 g/mol. The van der Waals surface area contributed by atoms with E-state index >= 15 is 0 Å². The van der Waals surface area contributed by atoms with Gasteiger partial charge in [0.2, 0.25) is 5.95 Å². The second-order valence-corrected chi connectivity index (χ2v) is 9.90. The van der Waals surface area contributed by atoms with Crippen LogP contribution in [0.1, 0.15) is 36.9 Å². The van der Waals surface area contributed by atoms with Crippen molar-refractivity contribution in [2.45, 2.75) is 38.8 Å². The summed E-state index contributed by atoms with van der Waals surface area (Å²) in [7, 11) is 1.76. The number of hydrogen-bond donors (Lipinski definition) is 2. The number of benzene rings is 2. The molecule has 0 amide bonds. The van der Waals surface area contributed by atoms with E-state index in [0.29, 0.717) is 49.7 Å². The Balaban J connectivity index is 1.55. The first-order valence-corrected chi connectivity index (χ1v) is 12.6. The molecule has 0 spiro atoms. The molecule has 2 saturated heterocycles. The third kappa shape index (κ3) is 4.77. The molecule has 36 heavy (non-hydrogen) atoms. The van der Waals surface area contributed by atoms with Gasteiger partial charge in [-0.15, -0.1) is 0 Å². The third-order valence-corrected chi connectivity index (χ3v) is 7.16. The number of aromatic nitrogens is 2. The fourth-order valence-electron chi connectivity index (χ4n) is 5.29. The smallest absolute Gasteiger partial charge is 0.262 e. The van der Waals surface area contributed by atoms with Gasteiger partial charge in [0.25, 0.3) is 5.56 Å². The summed E-state index contributed by atoms with van der Waals surface area (Å²) in [6, 6.07) is 8.45. The van der Waals surface area contributed by atoms with Gasteiger partial charge in [0.1, 0.15) is 5.82 Å². The molecule has 2 aliphatic rings. The number of aliphatic hydroxyl groups is 1. The Hall–Kier alpha value is -3.17. The fraction of sp³-hybridized carbons (Fsp3) is 0.481. The lowest BCUT2D eigenvalue weighted by Gasteiger charge is -2.34. The van der Waals surface area contributed by atoms with Gasteiger partial charge in [0.05, 0.1) is 47.6 Å². The summed E-state index contributed by atoms with van der Waals surface area (Å²) in [5, 5.41) is 14.3. The van der Waals surface area contributed by atoms with Crippen LogP contribution in [0.25, 0.3) is 10.9 Å². The first-order chi connectivity index (χ1) is 17.3. The maximum atomic E-state index is 14.2. The summed E-state index contributed by atoms with van der Waals surface area (Å²) < 4.78 is 21.4. The molecule has 5 rings (SSSR count). The van der Waals surface area contributed by atoms with Crippen LogP contribution in [0.3, 0.4) is 0 Å². The number of aliphatic hydroxyl groups excluding tert-OH is 1. The highest BCUT2D eigenvalue weighted by molar-refractivity contribution is 5.84. The molecule has 9 heteroatoms. The second kappa shape index (κ2) is 10.1. The predicted octanol–water partition coefficient (Wildman–Crippen LogP) is 3.35. The van der Waals surface area contributed by atoms with Gasteiger partial charge in [-0.3, -0.25) is 9.36 Å². The number of piperidine rings is 1. The molecule has 3 heterocycles. The molecule has 2 aliphatic heterocycles. The third-order valence-electron chi connectivity index (χ3n) is 7.16. The van der Waals surface area contributed by atoms with E-state index in [2.05, 4.69) is 16.3 Å². The number of nitrogens with zero attached hydrogens (tertiary/aromatic N) is 4. The van der Waals surface area contributed by atoms with Gasteiger partial charge < -0.3 is 25.0 Å². The molecule has 0 saturated carbocycles. The Kier molecular flexibility index (Phi) is 6.85. The molecule has 2 atom stereocenters. The first-order valence-electron chi connectivity index (χ1n) is 12.6.